The smallest absolute Gasteiger partial charge is 0.349 e. The zero-order valence-corrected chi connectivity index (χ0v) is 12.5. The van der Waals surface area contributed by atoms with Crippen LogP contribution in [0.15, 0.2) is 28.9 Å². The number of aromatic nitrogens is 1. The van der Waals surface area contributed by atoms with Crippen molar-refractivity contribution in [2.24, 2.45) is 0 Å². The molecule has 20 heavy (non-hydrogen) atoms. The fraction of sp³-hybridized carbons (Fsp3) is 0.0833. The van der Waals surface area contributed by atoms with Crippen LogP contribution >= 0.6 is 27.3 Å². The Morgan fingerprint density at radius 1 is 1.45 bits per heavy atom. The molecule has 0 bridgehead atoms. The molecule has 0 radical (unpaired) electrons. The minimum Gasteiger partial charge on any atom is -0.465 e. The van der Waals surface area contributed by atoms with Crippen molar-refractivity contribution >= 4 is 44.3 Å². The van der Waals surface area contributed by atoms with Crippen LogP contribution in [0.4, 0.5) is 9.52 Å². The van der Waals surface area contributed by atoms with E-state index in [1.807, 2.05) is 0 Å². The monoisotopic (exact) mass is 358 g/mol. The maximum absolute atomic E-state index is 12.9. The highest BCUT2D eigenvalue weighted by Crippen LogP contribution is 2.22. The number of nitrogens with zero attached hydrogens (tertiary/aromatic N) is 1. The molecule has 8 heteroatoms. The first-order valence-electron chi connectivity index (χ1n) is 5.32. The standard InChI is InChI=1S/C12H8BrFN2O3S/c1-19-11(18)9-5-15-12(20-9)16-10(17)7-3-2-6(14)4-8(7)13/h2-5H,1H3,(H,15,16,17). The largest absolute Gasteiger partial charge is 0.465 e. The zero-order valence-electron chi connectivity index (χ0n) is 10.1. The Labute approximate surface area is 125 Å². The minimum absolute atomic E-state index is 0.256. The number of thiazole rings is 1. The Bertz CT molecular complexity index is 674. The first-order valence-corrected chi connectivity index (χ1v) is 6.92. The third-order valence-corrected chi connectivity index (χ3v) is 3.84. The molecular formula is C12H8BrFN2O3S. The normalized spacial score (nSPS) is 10.2. The van der Waals surface area contributed by atoms with E-state index >= 15 is 0 Å². The molecule has 0 saturated carbocycles. The third-order valence-electron chi connectivity index (χ3n) is 2.29. The highest BCUT2D eigenvalue weighted by Gasteiger charge is 2.15. The van der Waals surface area contributed by atoms with Gasteiger partial charge in [-0.05, 0) is 34.1 Å². The predicted molar refractivity (Wildman–Crippen MR) is 75.5 cm³/mol. The number of carbonyl (C=O) groups is 2. The number of hydrogen-bond acceptors (Lipinski definition) is 5. The molecule has 1 heterocycles. The van der Waals surface area contributed by atoms with Gasteiger partial charge in [0.05, 0.1) is 18.9 Å². The van der Waals surface area contributed by atoms with Crippen molar-refractivity contribution in [1.82, 2.24) is 4.98 Å². The van der Waals surface area contributed by atoms with Crippen LogP contribution in [0.3, 0.4) is 0 Å². The van der Waals surface area contributed by atoms with Crippen LogP contribution in [0.1, 0.15) is 20.0 Å². The Hall–Kier alpha value is -1.80. The number of benzene rings is 1. The maximum Gasteiger partial charge on any atom is 0.349 e. The van der Waals surface area contributed by atoms with E-state index in [0.29, 0.717) is 4.47 Å². The summed E-state index contributed by atoms with van der Waals surface area (Å²) in [5, 5.41) is 2.78. The quantitative estimate of drug-likeness (QED) is 0.856. The van der Waals surface area contributed by atoms with Gasteiger partial charge in [-0.3, -0.25) is 10.1 Å². The minimum atomic E-state index is -0.522. The molecule has 0 aliphatic carbocycles. The van der Waals surface area contributed by atoms with E-state index in [2.05, 4.69) is 31.0 Å². The fourth-order valence-corrected chi connectivity index (χ4v) is 2.63. The second kappa shape index (κ2) is 6.10. The molecule has 0 aliphatic heterocycles. The highest BCUT2D eigenvalue weighted by molar-refractivity contribution is 9.10. The zero-order chi connectivity index (χ0) is 14.7. The second-order valence-electron chi connectivity index (χ2n) is 3.60. The molecule has 0 atom stereocenters. The van der Waals surface area contributed by atoms with E-state index in [-0.39, 0.29) is 15.6 Å². The van der Waals surface area contributed by atoms with Crippen LogP contribution in [0, 0.1) is 5.82 Å². The average Bonchev–Trinajstić information content (AvgIpc) is 2.86. The number of hydrogen-bond donors (Lipinski definition) is 1. The molecule has 0 spiro atoms. The molecule has 1 N–H and O–H groups in total. The van der Waals surface area contributed by atoms with Crippen LogP contribution in [0.25, 0.3) is 0 Å². The van der Waals surface area contributed by atoms with Gasteiger partial charge in [0.25, 0.3) is 5.91 Å². The van der Waals surface area contributed by atoms with Crippen LogP contribution in [-0.4, -0.2) is 24.0 Å². The van der Waals surface area contributed by atoms with Crippen molar-refractivity contribution in [2.75, 3.05) is 12.4 Å². The van der Waals surface area contributed by atoms with E-state index in [1.54, 1.807) is 0 Å². The van der Waals surface area contributed by atoms with Gasteiger partial charge in [0.15, 0.2) is 5.13 Å². The molecule has 104 valence electrons. The first kappa shape index (κ1) is 14.6. The number of esters is 1. The van der Waals surface area contributed by atoms with E-state index in [1.165, 1.54) is 31.5 Å². The van der Waals surface area contributed by atoms with Gasteiger partial charge in [-0.25, -0.2) is 14.2 Å². The van der Waals surface area contributed by atoms with Gasteiger partial charge >= 0.3 is 5.97 Å². The van der Waals surface area contributed by atoms with E-state index in [0.717, 1.165) is 11.3 Å². The number of methoxy groups -OCH3 is 1. The lowest BCUT2D eigenvalue weighted by Gasteiger charge is -2.04. The number of ether oxygens (including phenoxy) is 1. The molecule has 0 saturated heterocycles. The van der Waals surface area contributed by atoms with Crippen molar-refractivity contribution in [3.8, 4) is 0 Å². The molecule has 0 fully saturated rings. The van der Waals surface area contributed by atoms with Crippen LogP contribution in [0.2, 0.25) is 0 Å². The molecule has 1 aromatic heterocycles. The molecule has 2 rings (SSSR count). The molecule has 1 aromatic carbocycles. The number of carbonyl (C=O) groups excluding carboxylic acids is 2. The SMILES string of the molecule is COC(=O)c1cnc(NC(=O)c2ccc(F)cc2Br)s1. The lowest BCUT2D eigenvalue weighted by atomic mass is 10.2. The Morgan fingerprint density at radius 3 is 2.85 bits per heavy atom. The predicted octanol–water partition coefficient (Wildman–Crippen LogP) is 3.08. The third kappa shape index (κ3) is 3.20. The van der Waals surface area contributed by atoms with Crippen molar-refractivity contribution in [1.29, 1.82) is 0 Å². The van der Waals surface area contributed by atoms with E-state index in [9.17, 15) is 14.0 Å². The van der Waals surface area contributed by atoms with Crippen molar-refractivity contribution in [2.45, 2.75) is 0 Å². The second-order valence-corrected chi connectivity index (χ2v) is 5.48. The van der Waals surface area contributed by atoms with Crippen LogP contribution in [-0.2, 0) is 4.74 Å². The van der Waals surface area contributed by atoms with Gasteiger partial charge in [-0.15, -0.1) is 0 Å². The van der Waals surface area contributed by atoms with Gasteiger partial charge < -0.3 is 4.74 Å². The lowest BCUT2D eigenvalue weighted by molar-refractivity contribution is 0.0606. The Balaban J connectivity index is 2.15. The fourth-order valence-electron chi connectivity index (χ4n) is 1.36. The summed E-state index contributed by atoms with van der Waals surface area (Å²) in [6.45, 7) is 0. The number of nitrogens with one attached hydrogen (secondary N) is 1. The topological polar surface area (TPSA) is 68.3 Å². The number of rotatable bonds is 3. The van der Waals surface area contributed by atoms with Crippen LogP contribution < -0.4 is 5.32 Å². The molecule has 0 unspecified atom stereocenters. The van der Waals surface area contributed by atoms with Crippen molar-refractivity contribution in [3.05, 3.63) is 45.1 Å². The average molecular weight is 359 g/mol. The summed E-state index contributed by atoms with van der Waals surface area (Å²) in [6, 6.07) is 3.72. The first-order chi connectivity index (χ1) is 9.51. The molecule has 2 aromatic rings. The molecule has 1 amide bonds. The van der Waals surface area contributed by atoms with Crippen molar-refractivity contribution < 1.29 is 18.7 Å². The number of amides is 1. The number of halogens is 2. The van der Waals surface area contributed by atoms with Gasteiger partial charge in [0.2, 0.25) is 0 Å². The van der Waals surface area contributed by atoms with E-state index in [4.69, 9.17) is 0 Å². The molecule has 0 aliphatic rings. The summed E-state index contributed by atoms with van der Waals surface area (Å²) in [6.07, 6.45) is 1.31. The Morgan fingerprint density at radius 2 is 2.20 bits per heavy atom. The van der Waals surface area contributed by atoms with Crippen LogP contribution in [0.5, 0.6) is 0 Å². The Kier molecular flexibility index (Phi) is 4.46. The lowest BCUT2D eigenvalue weighted by Crippen LogP contribution is -2.12. The molecule has 5 nitrogen and oxygen atoms in total. The van der Waals surface area contributed by atoms with Crippen molar-refractivity contribution in [3.63, 3.8) is 0 Å². The van der Waals surface area contributed by atoms with Gasteiger partial charge in [0.1, 0.15) is 10.7 Å². The van der Waals surface area contributed by atoms with Gasteiger partial charge in [-0.1, -0.05) is 11.3 Å². The van der Waals surface area contributed by atoms with Gasteiger partial charge in [0, 0.05) is 4.47 Å². The summed E-state index contributed by atoms with van der Waals surface area (Å²) in [4.78, 5) is 27.4. The molecular weight excluding hydrogens is 351 g/mol. The highest BCUT2D eigenvalue weighted by atomic mass is 79.9. The summed E-state index contributed by atoms with van der Waals surface area (Å²) < 4.78 is 17.8. The maximum atomic E-state index is 12.9. The van der Waals surface area contributed by atoms with E-state index < -0.39 is 17.7 Å². The summed E-state index contributed by atoms with van der Waals surface area (Å²) in [7, 11) is 1.26. The number of anilines is 1. The van der Waals surface area contributed by atoms with Gasteiger partial charge in [-0.2, -0.15) is 0 Å². The summed E-state index contributed by atoms with van der Waals surface area (Å²) >= 11 is 4.10. The summed E-state index contributed by atoms with van der Waals surface area (Å²) in [5.41, 5.74) is 0.265. The summed E-state index contributed by atoms with van der Waals surface area (Å²) in [5.74, 6) is -1.43.